The fourth-order valence-corrected chi connectivity index (χ4v) is 1.77. The number of hydrogen-bond donors (Lipinski definition) is 2. The van der Waals surface area contributed by atoms with E-state index < -0.39 is 0 Å². The molecule has 0 aromatic carbocycles. The third kappa shape index (κ3) is 4.40. The number of hydrogen-bond acceptors (Lipinski definition) is 3. The van der Waals surface area contributed by atoms with E-state index in [0.29, 0.717) is 12.1 Å². The molecule has 0 atom stereocenters. The molecule has 3 heteroatoms. The second-order valence-corrected chi connectivity index (χ2v) is 3.95. The van der Waals surface area contributed by atoms with Gasteiger partial charge in [-0.15, -0.1) is 0 Å². The van der Waals surface area contributed by atoms with Gasteiger partial charge in [-0.25, -0.2) is 0 Å². The van der Waals surface area contributed by atoms with Crippen LogP contribution in [0, 0.1) is 0 Å². The largest absolute Gasteiger partial charge is 0.378 e. The van der Waals surface area contributed by atoms with Gasteiger partial charge in [0.05, 0.1) is 6.10 Å². The number of nitrogens with one attached hydrogen (secondary N) is 2. The molecule has 14 heavy (non-hydrogen) atoms. The van der Waals surface area contributed by atoms with E-state index >= 15 is 0 Å². The van der Waals surface area contributed by atoms with E-state index in [-0.39, 0.29) is 0 Å². The summed E-state index contributed by atoms with van der Waals surface area (Å²) in [5.74, 6) is 0. The molecule has 84 valence electrons. The molecule has 0 spiro atoms. The smallest absolute Gasteiger partial charge is 0.0604 e. The van der Waals surface area contributed by atoms with Crippen LogP contribution < -0.4 is 10.6 Å². The monoisotopic (exact) mass is 200 g/mol. The highest BCUT2D eigenvalue weighted by Crippen LogP contribution is 2.22. The first kappa shape index (κ1) is 12.0. The molecule has 1 saturated carbocycles. The maximum Gasteiger partial charge on any atom is 0.0604 e. The van der Waals surface area contributed by atoms with Crippen molar-refractivity contribution in [2.45, 2.75) is 45.3 Å². The lowest BCUT2D eigenvalue weighted by molar-refractivity contribution is -0.00959. The molecule has 3 nitrogen and oxygen atoms in total. The molecule has 0 amide bonds. The van der Waals surface area contributed by atoms with Gasteiger partial charge in [-0.3, -0.25) is 0 Å². The molecular weight excluding hydrogens is 176 g/mol. The van der Waals surface area contributed by atoms with E-state index in [1.165, 1.54) is 19.3 Å². The van der Waals surface area contributed by atoms with Gasteiger partial charge in [0, 0.05) is 25.7 Å². The van der Waals surface area contributed by atoms with Crippen molar-refractivity contribution in [1.82, 2.24) is 10.6 Å². The molecule has 2 N–H and O–H groups in total. The molecular formula is C11H24N2O. The first-order valence-corrected chi connectivity index (χ1v) is 5.92. The maximum absolute atomic E-state index is 5.50. The van der Waals surface area contributed by atoms with Crippen LogP contribution in [0.4, 0.5) is 0 Å². The van der Waals surface area contributed by atoms with Gasteiger partial charge in [-0.1, -0.05) is 6.92 Å². The minimum absolute atomic E-state index is 0.529. The van der Waals surface area contributed by atoms with Gasteiger partial charge in [0.25, 0.3) is 0 Å². The van der Waals surface area contributed by atoms with Gasteiger partial charge in [0.1, 0.15) is 0 Å². The Labute approximate surface area is 87.6 Å². The van der Waals surface area contributed by atoms with Crippen LogP contribution >= 0.6 is 0 Å². The highest BCUT2D eigenvalue weighted by Gasteiger charge is 2.28. The van der Waals surface area contributed by atoms with Crippen molar-refractivity contribution in [3.63, 3.8) is 0 Å². The van der Waals surface area contributed by atoms with Gasteiger partial charge >= 0.3 is 0 Å². The second kappa shape index (κ2) is 7.21. The van der Waals surface area contributed by atoms with Crippen molar-refractivity contribution in [1.29, 1.82) is 0 Å². The van der Waals surface area contributed by atoms with Crippen LogP contribution in [0.5, 0.6) is 0 Å². The minimum atomic E-state index is 0.529. The van der Waals surface area contributed by atoms with Gasteiger partial charge in [-0.2, -0.15) is 0 Å². The summed E-state index contributed by atoms with van der Waals surface area (Å²) < 4.78 is 5.50. The van der Waals surface area contributed by atoms with Crippen LogP contribution in [0.3, 0.4) is 0 Å². The molecule has 1 rings (SSSR count). The quantitative estimate of drug-likeness (QED) is 0.577. The minimum Gasteiger partial charge on any atom is -0.378 e. The molecule has 0 heterocycles. The fourth-order valence-electron chi connectivity index (χ4n) is 1.77. The zero-order valence-corrected chi connectivity index (χ0v) is 9.51. The molecule has 0 aromatic heterocycles. The van der Waals surface area contributed by atoms with Crippen LogP contribution in [0.15, 0.2) is 0 Å². The van der Waals surface area contributed by atoms with Crippen LogP contribution in [-0.4, -0.2) is 38.4 Å². The Morgan fingerprint density at radius 1 is 1.14 bits per heavy atom. The van der Waals surface area contributed by atoms with Crippen molar-refractivity contribution >= 4 is 0 Å². The third-order valence-electron chi connectivity index (χ3n) is 2.66. The fraction of sp³-hybridized carbons (Fsp3) is 1.00. The zero-order chi connectivity index (χ0) is 10.2. The highest BCUT2D eigenvalue weighted by molar-refractivity contribution is 4.85. The maximum atomic E-state index is 5.50. The summed E-state index contributed by atoms with van der Waals surface area (Å²) in [6, 6.07) is 0.704. The summed E-state index contributed by atoms with van der Waals surface area (Å²) in [7, 11) is 0. The molecule has 0 unspecified atom stereocenters. The van der Waals surface area contributed by atoms with Gasteiger partial charge in [0.2, 0.25) is 0 Å². The van der Waals surface area contributed by atoms with Gasteiger partial charge in [-0.05, 0) is 32.7 Å². The van der Waals surface area contributed by atoms with E-state index in [4.69, 9.17) is 4.74 Å². The summed E-state index contributed by atoms with van der Waals surface area (Å²) in [5, 5.41) is 6.91. The predicted molar refractivity (Wildman–Crippen MR) is 59.6 cm³/mol. The Balaban J connectivity index is 1.81. The number of rotatable bonds is 8. The van der Waals surface area contributed by atoms with Crippen LogP contribution in [0.25, 0.3) is 0 Å². The average molecular weight is 200 g/mol. The molecule has 0 radical (unpaired) electrons. The summed E-state index contributed by atoms with van der Waals surface area (Å²) in [5.41, 5.74) is 0. The highest BCUT2D eigenvalue weighted by atomic mass is 16.5. The Bertz CT molecular complexity index is 135. The van der Waals surface area contributed by atoms with E-state index in [1.807, 2.05) is 0 Å². The van der Waals surface area contributed by atoms with E-state index in [0.717, 1.165) is 26.2 Å². The molecule has 1 fully saturated rings. The first-order valence-electron chi connectivity index (χ1n) is 5.92. The standard InChI is InChI=1S/C11H24N2O/c1-3-5-12-6-7-13-10-8-11(9-10)14-4-2/h10-13H,3-9H2,1-2H3. The summed E-state index contributed by atoms with van der Waals surface area (Å²) in [4.78, 5) is 0. The Hall–Kier alpha value is -0.120. The topological polar surface area (TPSA) is 33.3 Å². The predicted octanol–water partition coefficient (Wildman–Crippen LogP) is 1.14. The number of ether oxygens (including phenoxy) is 1. The lowest BCUT2D eigenvalue weighted by Gasteiger charge is -2.35. The van der Waals surface area contributed by atoms with Crippen LogP contribution in [0.2, 0.25) is 0 Å². The average Bonchev–Trinajstić information content (AvgIpc) is 2.13. The van der Waals surface area contributed by atoms with Gasteiger partial charge in [0.15, 0.2) is 0 Å². The summed E-state index contributed by atoms with van der Waals surface area (Å²) in [6.07, 6.45) is 4.14. The Morgan fingerprint density at radius 2 is 1.93 bits per heavy atom. The Morgan fingerprint density at radius 3 is 2.57 bits per heavy atom. The molecule has 0 aliphatic heterocycles. The van der Waals surface area contributed by atoms with E-state index in [9.17, 15) is 0 Å². The van der Waals surface area contributed by atoms with Crippen molar-refractivity contribution in [2.24, 2.45) is 0 Å². The van der Waals surface area contributed by atoms with Crippen LogP contribution in [-0.2, 0) is 4.74 Å². The van der Waals surface area contributed by atoms with Gasteiger partial charge < -0.3 is 15.4 Å². The van der Waals surface area contributed by atoms with E-state index in [2.05, 4.69) is 24.5 Å². The van der Waals surface area contributed by atoms with Crippen molar-refractivity contribution in [2.75, 3.05) is 26.2 Å². The summed E-state index contributed by atoms with van der Waals surface area (Å²) >= 11 is 0. The van der Waals surface area contributed by atoms with E-state index in [1.54, 1.807) is 0 Å². The third-order valence-corrected chi connectivity index (χ3v) is 2.66. The Kier molecular flexibility index (Phi) is 6.15. The normalized spacial score (nSPS) is 26.1. The molecule has 1 aliphatic rings. The molecule has 0 saturated heterocycles. The molecule has 0 aromatic rings. The summed E-state index contributed by atoms with van der Waals surface area (Å²) in [6.45, 7) is 8.42. The lowest BCUT2D eigenvalue weighted by Crippen LogP contribution is -2.47. The van der Waals surface area contributed by atoms with Crippen molar-refractivity contribution < 1.29 is 4.74 Å². The first-order chi connectivity index (χ1) is 6.86. The van der Waals surface area contributed by atoms with Crippen molar-refractivity contribution in [3.05, 3.63) is 0 Å². The lowest BCUT2D eigenvalue weighted by atomic mass is 9.89. The zero-order valence-electron chi connectivity index (χ0n) is 9.51. The SMILES string of the molecule is CCCNCCNC1CC(OCC)C1. The van der Waals surface area contributed by atoms with Crippen molar-refractivity contribution in [3.8, 4) is 0 Å². The second-order valence-electron chi connectivity index (χ2n) is 3.95. The molecule has 1 aliphatic carbocycles. The van der Waals surface area contributed by atoms with Crippen LogP contribution in [0.1, 0.15) is 33.1 Å². The molecule has 0 bridgehead atoms.